The Balaban J connectivity index is 1.82. The number of carbonyl (C=O) groups is 1. The SMILES string of the molecule is COc1cccc(NCCC(=O)Nc2ccc(OC)c(Cl)c2)c1. The van der Waals surface area contributed by atoms with E-state index >= 15 is 0 Å². The van der Waals surface area contributed by atoms with Crippen molar-refractivity contribution in [3.8, 4) is 11.5 Å². The molecule has 0 atom stereocenters. The van der Waals surface area contributed by atoms with E-state index < -0.39 is 0 Å². The van der Waals surface area contributed by atoms with Crippen molar-refractivity contribution in [2.24, 2.45) is 0 Å². The molecule has 0 spiro atoms. The van der Waals surface area contributed by atoms with Crippen LogP contribution in [-0.4, -0.2) is 26.7 Å². The summed E-state index contributed by atoms with van der Waals surface area (Å²) in [6, 6.07) is 12.7. The van der Waals surface area contributed by atoms with E-state index in [4.69, 9.17) is 21.1 Å². The number of methoxy groups -OCH3 is 2. The second kappa shape index (κ2) is 8.29. The molecular formula is C17H19ClN2O3. The average molecular weight is 335 g/mol. The van der Waals surface area contributed by atoms with E-state index in [9.17, 15) is 4.79 Å². The molecule has 5 nitrogen and oxygen atoms in total. The van der Waals surface area contributed by atoms with Crippen LogP contribution in [0.4, 0.5) is 11.4 Å². The Morgan fingerprint density at radius 2 is 1.91 bits per heavy atom. The van der Waals surface area contributed by atoms with Crippen LogP contribution in [0.1, 0.15) is 6.42 Å². The normalized spacial score (nSPS) is 10.0. The Labute approximate surface area is 140 Å². The molecule has 2 N–H and O–H groups in total. The van der Waals surface area contributed by atoms with Crippen LogP contribution in [0.25, 0.3) is 0 Å². The number of hydrogen-bond acceptors (Lipinski definition) is 4. The summed E-state index contributed by atoms with van der Waals surface area (Å²) in [6.45, 7) is 0.517. The molecule has 0 aliphatic carbocycles. The van der Waals surface area contributed by atoms with E-state index in [1.807, 2.05) is 24.3 Å². The minimum absolute atomic E-state index is 0.0957. The first-order valence-corrected chi connectivity index (χ1v) is 7.51. The van der Waals surface area contributed by atoms with Gasteiger partial charge in [0.25, 0.3) is 0 Å². The Hall–Kier alpha value is -2.40. The number of nitrogens with one attached hydrogen (secondary N) is 2. The molecule has 6 heteroatoms. The molecule has 0 aliphatic heterocycles. The molecule has 0 bridgehead atoms. The highest BCUT2D eigenvalue weighted by Crippen LogP contribution is 2.27. The highest BCUT2D eigenvalue weighted by molar-refractivity contribution is 6.32. The highest BCUT2D eigenvalue weighted by Gasteiger charge is 2.06. The summed E-state index contributed by atoms with van der Waals surface area (Å²) in [6.07, 6.45) is 0.334. The smallest absolute Gasteiger partial charge is 0.226 e. The summed E-state index contributed by atoms with van der Waals surface area (Å²) < 4.78 is 10.2. The predicted octanol–water partition coefficient (Wildman–Crippen LogP) is 3.80. The van der Waals surface area contributed by atoms with Crippen LogP contribution in [0.15, 0.2) is 42.5 Å². The van der Waals surface area contributed by atoms with Crippen molar-refractivity contribution in [3.63, 3.8) is 0 Å². The van der Waals surface area contributed by atoms with Crippen molar-refractivity contribution >= 4 is 28.9 Å². The lowest BCUT2D eigenvalue weighted by atomic mass is 10.2. The van der Waals surface area contributed by atoms with E-state index in [2.05, 4.69) is 10.6 Å². The van der Waals surface area contributed by atoms with Crippen molar-refractivity contribution < 1.29 is 14.3 Å². The van der Waals surface area contributed by atoms with Crippen LogP contribution in [-0.2, 0) is 4.79 Å². The molecule has 23 heavy (non-hydrogen) atoms. The second-order valence-electron chi connectivity index (χ2n) is 4.81. The Bertz CT molecular complexity index is 677. The Morgan fingerprint density at radius 3 is 2.61 bits per heavy atom. The van der Waals surface area contributed by atoms with Gasteiger partial charge in [0.05, 0.1) is 19.2 Å². The summed E-state index contributed by atoms with van der Waals surface area (Å²) in [7, 11) is 3.16. The molecule has 0 fully saturated rings. The molecule has 122 valence electrons. The molecule has 0 saturated carbocycles. The van der Waals surface area contributed by atoms with Crippen molar-refractivity contribution in [2.75, 3.05) is 31.4 Å². The minimum Gasteiger partial charge on any atom is -0.497 e. The van der Waals surface area contributed by atoms with Gasteiger partial charge in [0.2, 0.25) is 5.91 Å². The van der Waals surface area contributed by atoms with Gasteiger partial charge >= 0.3 is 0 Å². The lowest BCUT2D eigenvalue weighted by Crippen LogP contribution is -2.16. The van der Waals surface area contributed by atoms with Gasteiger partial charge in [-0.1, -0.05) is 17.7 Å². The molecule has 2 aromatic rings. The fraction of sp³-hybridized carbons (Fsp3) is 0.235. The second-order valence-corrected chi connectivity index (χ2v) is 5.21. The largest absolute Gasteiger partial charge is 0.497 e. The van der Waals surface area contributed by atoms with Crippen LogP contribution < -0.4 is 20.1 Å². The van der Waals surface area contributed by atoms with Crippen molar-refractivity contribution in [1.29, 1.82) is 0 Å². The fourth-order valence-corrected chi connectivity index (χ4v) is 2.28. The maximum Gasteiger partial charge on any atom is 0.226 e. The van der Waals surface area contributed by atoms with Gasteiger partial charge in [-0.15, -0.1) is 0 Å². The van der Waals surface area contributed by atoms with Crippen molar-refractivity contribution in [3.05, 3.63) is 47.5 Å². The Kier molecular flexibility index (Phi) is 6.11. The molecule has 2 rings (SSSR count). The summed E-state index contributed by atoms with van der Waals surface area (Å²) in [5.41, 5.74) is 1.55. The van der Waals surface area contributed by atoms with Gasteiger partial charge in [-0.2, -0.15) is 0 Å². The van der Waals surface area contributed by atoms with Crippen LogP contribution in [0, 0.1) is 0 Å². The lowest BCUT2D eigenvalue weighted by Gasteiger charge is -2.10. The monoisotopic (exact) mass is 334 g/mol. The molecule has 0 aromatic heterocycles. The maximum absolute atomic E-state index is 11.9. The average Bonchev–Trinajstić information content (AvgIpc) is 2.55. The third kappa shape index (κ3) is 5.07. The number of anilines is 2. The summed E-state index contributed by atoms with van der Waals surface area (Å²) in [5.74, 6) is 1.25. The van der Waals surface area contributed by atoms with Gasteiger partial charge < -0.3 is 20.1 Å². The van der Waals surface area contributed by atoms with E-state index in [1.165, 1.54) is 0 Å². The molecule has 0 heterocycles. The van der Waals surface area contributed by atoms with Crippen LogP contribution in [0.2, 0.25) is 5.02 Å². The molecule has 0 aliphatic rings. The van der Waals surface area contributed by atoms with Gasteiger partial charge in [0.15, 0.2) is 0 Å². The topological polar surface area (TPSA) is 59.6 Å². The highest BCUT2D eigenvalue weighted by atomic mass is 35.5. The summed E-state index contributed by atoms with van der Waals surface area (Å²) in [4.78, 5) is 11.9. The molecule has 1 amide bonds. The first kappa shape index (κ1) is 17.0. The van der Waals surface area contributed by atoms with Crippen LogP contribution in [0.5, 0.6) is 11.5 Å². The third-order valence-corrected chi connectivity index (χ3v) is 3.48. The first-order valence-electron chi connectivity index (χ1n) is 7.13. The van der Waals surface area contributed by atoms with Gasteiger partial charge in [0.1, 0.15) is 11.5 Å². The third-order valence-electron chi connectivity index (χ3n) is 3.19. The molecule has 2 aromatic carbocycles. The standard InChI is InChI=1S/C17H19ClN2O3/c1-22-14-5-3-4-12(10-14)19-9-8-17(21)20-13-6-7-16(23-2)15(18)11-13/h3-7,10-11,19H,8-9H2,1-2H3,(H,20,21). The van der Waals surface area contributed by atoms with E-state index in [0.29, 0.717) is 29.4 Å². The number of amides is 1. The van der Waals surface area contributed by atoms with Crippen LogP contribution in [0.3, 0.4) is 0 Å². The van der Waals surface area contributed by atoms with Crippen molar-refractivity contribution in [1.82, 2.24) is 0 Å². The van der Waals surface area contributed by atoms with Gasteiger partial charge in [-0.05, 0) is 30.3 Å². The molecule has 0 unspecified atom stereocenters. The molecule has 0 saturated heterocycles. The van der Waals surface area contributed by atoms with Gasteiger partial charge in [0, 0.05) is 30.4 Å². The van der Waals surface area contributed by atoms with E-state index in [-0.39, 0.29) is 5.91 Å². The number of benzene rings is 2. The zero-order valence-corrected chi connectivity index (χ0v) is 13.8. The summed E-state index contributed by atoms with van der Waals surface area (Å²) >= 11 is 6.03. The Morgan fingerprint density at radius 1 is 1.09 bits per heavy atom. The predicted molar refractivity (Wildman–Crippen MR) is 92.7 cm³/mol. The number of rotatable bonds is 7. The number of halogens is 1. The quantitative estimate of drug-likeness (QED) is 0.808. The molecular weight excluding hydrogens is 316 g/mol. The zero-order valence-electron chi connectivity index (χ0n) is 13.1. The van der Waals surface area contributed by atoms with Gasteiger partial charge in [-0.3, -0.25) is 4.79 Å². The van der Waals surface area contributed by atoms with Gasteiger partial charge in [-0.25, -0.2) is 0 Å². The lowest BCUT2D eigenvalue weighted by molar-refractivity contribution is -0.115. The number of ether oxygens (including phenoxy) is 2. The first-order chi connectivity index (χ1) is 11.1. The van der Waals surface area contributed by atoms with Crippen molar-refractivity contribution in [2.45, 2.75) is 6.42 Å². The fourth-order valence-electron chi connectivity index (χ4n) is 2.02. The number of carbonyl (C=O) groups excluding carboxylic acids is 1. The molecule has 0 radical (unpaired) electrons. The van der Waals surface area contributed by atoms with E-state index in [1.54, 1.807) is 32.4 Å². The zero-order chi connectivity index (χ0) is 16.7. The van der Waals surface area contributed by atoms with Crippen LogP contribution >= 0.6 is 11.6 Å². The maximum atomic E-state index is 11.9. The summed E-state index contributed by atoms with van der Waals surface area (Å²) in [5, 5.41) is 6.44. The van der Waals surface area contributed by atoms with E-state index in [0.717, 1.165) is 11.4 Å². The number of hydrogen-bond donors (Lipinski definition) is 2. The minimum atomic E-state index is -0.0957.